The second-order valence-electron chi connectivity index (χ2n) is 6.08. The third-order valence-corrected chi connectivity index (χ3v) is 4.78. The Morgan fingerprint density at radius 1 is 1.05 bits per heavy atom. The summed E-state index contributed by atoms with van der Waals surface area (Å²) in [6.07, 6.45) is 7.25. The maximum Gasteiger partial charge on any atom is 0.104 e. The molecule has 0 amide bonds. The van der Waals surface area contributed by atoms with E-state index in [9.17, 15) is 4.39 Å². The summed E-state index contributed by atoms with van der Waals surface area (Å²) in [5, 5.41) is 0. The molecule has 1 aromatic rings. The van der Waals surface area contributed by atoms with Gasteiger partial charge in [0.2, 0.25) is 0 Å². The van der Waals surface area contributed by atoms with Crippen molar-refractivity contribution in [3.05, 3.63) is 35.4 Å². The van der Waals surface area contributed by atoms with E-state index in [1.54, 1.807) is 0 Å². The van der Waals surface area contributed by atoms with Crippen LogP contribution in [0.3, 0.4) is 0 Å². The monoisotopic (exact) mass is 262 g/mol. The molecule has 1 aliphatic rings. The summed E-state index contributed by atoms with van der Waals surface area (Å²) in [6, 6.07) is 8.72. The van der Waals surface area contributed by atoms with Crippen LogP contribution < -0.4 is 0 Å². The minimum Gasteiger partial charge on any atom is -0.247 e. The molecule has 2 rings (SSSR count). The van der Waals surface area contributed by atoms with Gasteiger partial charge < -0.3 is 0 Å². The van der Waals surface area contributed by atoms with Gasteiger partial charge in [0.1, 0.15) is 6.17 Å². The number of benzene rings is 1. The molecule has 0 bridgehead atoms. The quantitative estimate of drug-likeness (QED) is 0.642. The molecule has 19 heavy (non-hydrogen) atoms. The Balaban J connectivity index is 1.91. The largest absolute Gasteiger partial charge is 0.247 e. The summed E-state index contributed by atoms with van der Waals surface area (Å²) in [5.41, 5.74) is 2.60. The van der Waals surface area contributed by atoms with Crippen LogP contribution >= 0.6 is 0 Å². The maximum absolute atomic E-state index is 13.4. The van der Waals surface area contributed by atoms with Gasteiger partial charge in [-0.15, -0.1) is 0 Å². The second kappa shape index (κ2) is 7.07. The summed E-state index contributed by atoms with van der Waals surface area (Å²) < 4.78 is 13.4. The van der Waals surface area contributed by atoms with E-state index < -0.39 is 6.17 Å². The first-order chi connectivity index (χ1) is 9.22. The third-order valence-electron chi connectivity index (χ3n) is 4.78. The van der Waals surface area contributed by atoms with Gasteiger partial charge in [-0.2, -0.15) is 0 Å². The minimum absolute atomic E-state index is 0.569. The summed E-state index contributed by atoms with van der Waals surface area (Å²) in [5.74, 6) is 1.69. The van der Waals surface area contributed by atoms with Crippen molar-refractivity contribution in [2.45, 2.75) is 70.9 Å². The maximum atomic E-state index is 13.4. The van der Waals surface area contributed by atoms with Crippen molar-refractivity contribution in [1.82, 2.24) is 0 Å². The normalized spacial score (nSPS) is 25.2. The van der Waals surface area contributed by atoms with Crippen LogP contribution in [0.25, 0.3) is 0 Å². The Kier molecular flexibility index (Phi) is 5.42. The van der Waals surface area contributed by atoms with Crippen LogP contribution in [-0.4, -0.2) is 6.17 Å². The molecule has 0 heterocycles. The molecule has 1 fully saturated rings. The van der Waals surface area contributed by atoms with Gasteiger partial charge in [0.25, 0.3) is 0 Å². The Bertz CT molecular complexity index is 360. The highest BCUT2D eigenvalue weighted by Gasteiger charge is 2.21. The number of hydrogen-bond acceptors (Lipinski definition) is 0. The van der Waals surface area contributed by atoms with Gasteiger partial charge in [0.15, 0.2) is 0 Å². The topological polar surface area (TPSA) is 0 Å². The molecule has 1 unspecified atom stereocenters. The van der Waals surface area contributed by atoms with Crippen LogP contribution in [0.2, 0.25) is 0 Å². The Labute approximate surface area is 117 Å². The molecule has 0 radical (unpaired) electrons. The number of halogens is 1. The highest BCUT2D eigenvalue weighted by atomic mass is 19.1. The summed E-state index contributed by atoms with van der Waals surface area (Å²) in [6.45, 7) is 4.21. The van der Waals surface area contributed by atoms with Crippen molar-refractivity contribution in [3.8, 4) is 0 Å². The van der Waals surface area contributed by atoms with Gasteiger partial charge >= 0.3 is 0 Å². The van der Waals surface area contributed by atoms with Gasteiger partial charge in [-0.1, -0.05) is 44.5 Å². The Morgan fingerprint density at radius 3 is 2.21 bits per heavy atom. The fraction of sp³-hybridized carbons (Fsp3) is 0.667. The molecule has 106 valence electrons. The average molecular weight is 262 g/mol. The van der Waals surface area contributed by atoms with Gasteiger partial charge in [0.05, 0.1) is 0 Å². The second-order valence-corrected chi connectivity index (χ2v) is 6.08. The van der Waals surface area contributed by atoms with Crippen LogP contribution in [-0.2, 0) is 6.42 Å². The Hall–Kier alpha value is -0.850. The Morgan fingerprint density at radius 2 is 1.68 bits per heavy atom. The van der Waals surface area contributed by atoms with Gasteiger partial charge in [-0.25, -0.2) is 4.39 Å². The molecule has 1 aromatic carbocycles. The minimum atomic E-state index is -0.689. The van der Waals surface area contributed by atoms with E-state index in [4.69, 9.17) is 0 Å². The van der Waals surface area contributed by atoms with Crippen LogP contribution in [0.5, 0.6) is 0 Å². The van der Waals surface area contributed by atoms with E-state index in [-0.39, 0.29) is 0 Å². The van der Waals surface area contributed by atoms with Gasteiger partial charge in [-0.3, -0.25) is 0 Å². The standard InChI is InChI=1S/C18H27F/c1-3-14-5-9-16(10-6-14)17-11-7-15(8-12-17)13-18(19)4-2/h7-8,11-12,14,16,18H,3-6,9-10,13H2,1-2H3. The molecule has 0 aromatic heterocycles. The highest BCUT2D eigenvalue weighted by molar-refractivity contribution is 5.26. The zero-order valence-corrected chi connectivity index (χ0v) is 12.4. The van der Waals surface area contributed by atoms with Crippen LogP contribution in [0.15, 0.2) is 24.3 Å². The molecule has 0 spiro atoms. The van der Waals surface area contributed by atoms with Crippen molar-refractivity contribution in [2.75, 3.05) is 0 Å². The number of alkyl halides is 1. The third kappa shape index (κ3) is 4.06. The summed E-state index contributed by atoms with van der Waals surface area (Å²) in [4.78, 5) is 0. The van der Waals surface area contributed by atoms with Gasteiger partial charge in [-0.05, 0) is 55.1 Å². The zero-order valence-electron chi connectivity index (χ0n) is 12.4. The summed E-state index contributed by atoms with van der Waals surface area (Å²) >= 11 is 0. The van der Waals surface area contributed by atoms with E-state index >= 15 is 0 Å². The van der Waals surface area contributed by atoms with E-state index in [0.717, 1.165) is 17.4 Å². The van der Waals surface area contributed by atoms with Crippen molar-refractivity contribution in [3.63, 3.8) is 0 Å². The SMILES string of the molecule is CCC(F)Cc1ccc(C2CCC(CC)CC2)cc1. The lowest BCUT2D eigenvalue weighted by Gasteiger charge is -2.28. The van der Waals surface area contributed by atoms with E-state index in [1.807, 2.05) is 6.92 Å². The molecule has 1 saturated carbocycles. The molecular weight excluding hydrogens is 235 g/mol. The molecule has 0 saturated heterocycles. The number of hydrogen-bond donors (Lipinski definition) is 0. The molecule has 1 aliphatic carbocycles. The average Bonchev–Trinajstić information content (AvgIpc) is 2.48. The van der Waals surface area contributed by atoms with E-state index in [0.29, 0.717) is 12.8 Å². The van der Waals surface area contributed by atoms with Crippen molar-refractivity contribution >= 4 is 0 Å². The van der Waals surface area contributed by atoms with Crippen molar-refractivity contribution in [2.24, 2.45) is 5.92 Å². The first kappa shape index (κ1) is 14.6. The summed E-state index contributed by atoms with van der Waals surface area (Å²) in [7, 11) is 0. The lowest BCUT2D eigenvalue weighted by Crippen LogP contribution is -2.12. The number of rotatable bonds is 5. The molecule has 1 heteroatoms. The first-order valence-electron chi connectivity index (χ1n) is 7.95. The van der Waals surface area contributed by atoms with Crippen molar-refractivity contribution in [1.29, 1.82) is 0 Å². The lowest BCUT2D eigenvalue weighted by molar-refractivity contribution is 0.318. The van der Waals surface area contributed by atoms with Crippen LogP contribution in [0.1, 0.15) is 69.4 Å². The van der Waals surface area contributed by atoms with Crippen molar-refractivity contribution < 1.29 is 4.39 Å². The first-order valence-corrected chi connectivity index (χ1v) is 7.95. The molecule has 0 aliphatic heterocycles. The predicted molar refractivity (Wildman–Crippen MR) is 80.3 cm³/mol. The fourth-order valence-corrected chi connectivity index (χ4v) is 3.23. The lowest BCUT2D eigenvalue weighted by atomic mass is 9.78. The predicted octanol–water partition coefficient (Wildman–Crippen LogP) is 5.66. The van der Waals surface area contributed by atoms with E-state index in [1.165, 1.54) is 37.7 Å². The van der Waals surface area contributed by atoms with Gasteiger partial charge in [0, 0.05) is 6.42 Å². The van der Waals surface area contributed by atoms with Crippen LogP contribution in [0, 0.1) is 5.92 Å². The molecule has 0 nitrogen and oxygen atoms in total. The fourth-order valence-electron chi connectivity index (χ4n) is 3.23. The zero-order chi connectivity index (χ0) is 13.7. The molecule has 1 atom stereocenters. The van der Waals surface area contributed by atoms with E-state index in [2.05, 4.69) is 31.2 Å². The van der Waals surface area contributed by atoms with Crippen LogP contribution in [0.4, 0.5) is 4.39 Å². The smallest absolute Gasteiger partial charge is 0.104 e. The molecular formula is C18H27F. The highest BCUT2D eigenvalue weighted by Crippen LogP contribution is 2.36. The molecule has 0 N–H and O–H groups in total.